The standard InChI is InChI=1S/C21H17N5O/c1-26(19-7-3-14-8-13(10-22)2-5-16(14)19)15-4-6-18-17(9-15)21(25-24-18)20-11-23-12-27-20/h2,4-6,8-9,11-12,19H,3,7H2,1H3,(H,24,25). The van der Waals surface area contributed by atoms with E-state index in [9.17, 15) is 0 Å². The fourth-order valence-electron chi connectivity index (χ4n) is 3.99. The molecular formula is C21H17N5O. The smallest absolute Gasteiger partial charge is 0.181 e. The molecule has 4 aromatic rings. The van der Waals surface area contributed by atoms with Gasteiger partial charge in [-0.1, -0.05) is 6.07 Å². The van der Waals surface area contributed by atoms with Crippen molar-refractivity contribution in [2.24, 2.45) is 0 Å². The summed E-state index contributed by atoms with van der Waals surface area (Å²) in [6.45, 7) is 0. The van der Waals surface area contributed by atoms with Crippen molar-refractivity contribution >= 4 is 16.6 Å². The molecule has 27 heavy (non-hydrogen) atoms. The molecule has 0 spiro atoms. The van der Waals surface area contributed by atoms with Crippen molar-refractivity contribution in [3.63, 3.8) is 0 Å². The molecule has 132 valence electrons. The lowest BCUT2D eigenvalue weighted by Gasteiger charge is -2.27. The summed E-state index contributed by atoms with van der Waals surface area (Å²) in [6, 6.07) is 14.8. The molecule has 1 aliphatic carbocycles. The Labute approximate surface area is 156 Å². The van der Waals surface area contributed by atoms with Crippen molar-refractivity contribution < 1.29 is 4.42 Å². The van der Waals surface area contributed by atoms with Crippen LogP contribution in [0.1, 0.15) is 29.2 Å². The number of aryl methyl sites for hydroxylation is 1. The van der Waals surface area contributed by atoms with E-state index >= 15 is 0 Å². The molecule has 2 aromatic carbocycles. The maximum absolute atomic E-state index is 9.13. The van der Waals surface area contributed by atoms with E-state index in [0.29, 0.717) is 11.8 Å². The summed E-state index contributed by atoms with van der Waals surface area (Å²) in [4.78, 5) is 6.29. The molecule has 0 aliphatic heterocycles. The Hall–Kier alpha value is -3.59. The average Bonchev–Trinajstić information content (AvgIpc) is 3.44. The normalized spacial score (nSPS) is 15.6. The van der Waals surface area contributed by atoms with Crippen molar-refractivity contribution in [2.75, 3.05) is 11.9 Å². The van der Waals surface area contributed by atoms with Crippen LogP contribution in [-0.2, 0) is 6.42 Å². The highest BCUT2D eigenvalue weighted by Gasteiger charge is 2.27. The Morgan fingerprint density at radius 2 is 2.19 bits per heavy atom. The lowest BCUT2D eigenvalue weighted by atomic mass is 10.0. The Morgan fingerprint density at radius 1 is 1.26 bits per heavy atom. The third-order valence-corrected chi connectivity index (χ3v) is 5.41. The number of hydrogen-bond donors (Lipinski definition) is 1. The third-order valence-electron chi connectivity index (χ3n) is 5.41. The number of hydrogen-bond acceptors (Lipinski definition) is 5. The van der Waals surface area contributed by atoms with Crippen molar-refractivity contribution in [1.82, 2.24) is 15.2 Å². The van der Waals surface area contributed by atoms with Gasteiger partial charge in [-0.25, -0.2) is 4.98 Å². The van der Waals surface area contributed by atoms with Crippen LogP contribution in [0.3, 0.4) is 0 Å². The minimum absolute atomic E-state index is 0.297. The number of fused-ring (bicyclic) bond motifs is 2. The number of nitriles is 1. The number of rotatable bonds is 3. The number of benzene rings is 2. The lowest BCUT2D eigenvalue weighted by molar-refractivity contribution is 0.570. The number of nitrogens with zero attached hydrogens (tertiary/aromatic N) is 4. The molecule has 0 fully saturated rings. The van der Waals surface area contributed by atoms with Gasteiger partial charge >= 0.3 is 0 Å². The molecule has 2 heterocycles. The highest BCUT2D eigenvalue weighted by atomic mass is 16.3. The van der Waals surface area contributed by atoms with Gasteiger partial charge in [0.2, 0.25) is 0 Å². The minimum atomic E-state index is 0.297. The molecule has 5 rings (SSSR count). The number of nitrogens with one attached hydrogen (secondary N) is 1. The Morgan fingerprint density at radius 3 is 3.00 bits per heavy atom. The van der Waals surface area contributed by atoms with E-state index in [1.54, 1.807) is 6.20 Å². The first-order valence-corrected chi connectivity index (χ1v) is 8.87. The molecule has 1 atom stereocenters. The van der Waals surface area contributed by atoms with Crippen LogP contribution in [0, 0.1) is 11.3 Å². The number of H-pyrrole nitrogens is 1. The largest absolute Gasteiger partial charge is 0.442 e. The first kappa shape index (κ1) is 15.6. The fourth-order valence-corrected chi connectivity index (χ4v) is 3.99. The minimum Gasteiger partial charge on any atom is -0.442 e. The SMILES string of the molecule is CN(c1ccc2[nH]nc(-c3cnco3)c2c1)C1CCc2cc(C#N)ccc21. The number of aromatic amines is 1. The second-order valence-corrected chi connectivity index (χ2v) is 6.86. The maximum Gasteiger partial charge on any atom is 0.181 e. The maximum atomic E-state index is 9.13. The fraction of sp³-hybridized carbons (Fsp3) is 0.190. The Balaban J connectivity index is 1.53. The molecular weight excluding hydrogens is 338 g/mol. The van der Waals surface area contributed by atoms with Crippen LogP contribution in [0.15, 0.2) is 53.4 Å². The highest BCUT2D eigenvalue weighted by Crippen LogP contribution is 2.39. The van der Waals surface area contributed by atoms with E-state index < -0.39 is 0 Å². The molecule has 6 heteroatoms. The second kappa shape index (κ2) is 5.99. The van der Waals surface area contributed by atoms with Gasteiger partial charge in [0.15, 0.2) is 12.2 Å². The van der Waals surface area contributed by atoms with E-state index in [0.717, 1.165) is 40.7 Å². The van der Waals surface area contributed by atoms with Gasteiger partial charge in [0.05, 0.1) is 29.4 Å². The summed E-state index contributed by atoms with van der Waals surface area (Å²) in [5.74, 6) is 0.649. The van der Waals surface area contributed by atoms with Crippen molar-refractivity contribution in [2.45, 2.75) is 18.9 Å². The van der Waals surface area contributed by atoms with E-state index in [1.165, 1.54) is 17.5 Å². The van der Waals surface area contributed by atoms with E-state index in [1.807, 2.05) is 18.2 Å². The molecule has 0 saturated heterocycles. The quantitative estimate of drug-likeness (QED) is 0.595. The van der Waals surface area contributed by atoms with Gasteiger partial charge in [-0.3, -0.25) is 5.10 Å². The summed E-state index contributed by atoms with van der Waals surface area (Å²) in [6.07, 6.45) is 5.12. The zero-order chi connectivity index (χ0) is 18.4. The van der Waals surface area contributed by atoms with Crippen LogP contribution in [0.5, 0.6) is 0 Å². The van der Waals surface area contributed by atoms with Crippen LogP contribution in [0.4, 0.5) is 5.69 Å². The van der Waals surface area contributed by atoms with Crippen LogP contribution >= 0.6 is 0 Å². The molecule has 0 amide bonds. The Bertz CT molecular complexity index is 1170. The topological polar surface area (TPSA) is 81.7 Å². The predicted molar refractivity (Wildman–Crippen MR) is 102 cm³/mol. The monoisotopic (exact) mass is 355 g/mol. The van der Waals surface area contributed by atoms with Gasteiger partial charge in [0.25, 0.3) is 0 Å². The average molecular weight is 355 g/mol. The molecule has 1 unspecified atom stereocenters. The molecule has 0 saturated carbocycles. The number of aromatic nitrogens is 3. The lowest BCUT2D eigenvalue weighted by Crippen LogP contribution is -2.22. The summed E-state index contributed by atoms with van der Waals surface area (Å²) in [7, 11) is 2.12. The van der Waals surface area contributed by atoms with Crippen LogP contribution in [-0.4, -0.2) is 22.2 Å². The molecule has 2 aromatic heterocycles. The zero-order valence-corrected chi connectivity index (χ0v) is 14.8. The summed E-state index contributed by atoms with van der Waals surface area (Å²) in [5.41, 5.74) is 6.16. The molecule has 6 nitrogen and oxygen atoms in total. The van der Waals surface area contributed by atoms with Gasteiger partial charge in [-0.05, 0) is 54.3 Å². The van der Waals surface area contributed by atoms with Gasteiger partial charge in [-0.2, -0.15) is 10.4 Å². The zero-order valence-electron chi connectivity index (χ0n) is 14.8. The van der Waals surface area contributed by atoms with Crippen molar-refractivity contribution in [3.8, 4) is 17.5 Å². The molecule has 1 aliphatic rings. The number of oxazole rings is 1. The van der Waals surface area contributed by atoms with E-state index in [2.05, 4.69) is 51.4 Å². The van der Waals surface area contributed by atoms with Crippen molar-refractivity contribution in [1.29, 1.82) is 5.26 Å². The predicted octanol–water partition coefficient (Wildman–Crippen LogP) is 4.21. The molecule has 1 N–H and O–H groups in total. The number of anilines is 1. The molecule has 0 radical (unpaired) electrons. The molecule has 0 bridgehead atoms. The van der Waals surface area contributed by atoms with Gasteiger partial charge < -0.3 is 9.32 Å². The van der Waals surface area contributed by atoms with Gasteiger partial charge in [0, 0.05) is 18.1 Å². The first-order valence-electron chi connectivity index (χ1n) is 8.87. The highest BCUT2D eigenvalue weighted by molar-refractivity contribution is 5.93. The second-order valence-electron chi connectivity index (χ2n) is 6.86. The van der Waals surface area contributed by atoms with Crippen LogP contribution in [0.2, 0.25) is 0 Å². The first-order chi connectivity index (χ1) is 13.2. The summed E-state index contributed by atoms with van der Waals surface area (Å²) in [5, 5.41) is 17.6. The van der Waals surface area contributed by atoms with Crippen LogP contribution in [0.25, 0.3) is 22.4 Å². The summed E-state index contributed by atoms with van der Waals surface area (Å²) >= 11 is 0. The van der Waals surface area contributed by atoms with Gasteiger partial charge in [-0.15, -0.1) is 0 Å². The summed E-state index contributed by atoms with van der Waals surface area (Å²) < 4.78 is 5.42. The van der Waals surface area contributed by atoms with Crippen LogP contribution < -0.4 is 4.90 Å². The van der Waals surface area contributed by atoms with Crippen molar-refractivity contribution in [3.05, 3.63) is 65.7 Å². The van der Waals surface area contributed by atoms with E-state index in [4.69, 9.17) is 9.68 Å². The third kappa shape index (κ3) is 2.48. The Kier molecular flexibility index (Phi) is 3.47. The van der Waals surface area contributed by atoms with Gasteiger partial charge in [0.1, 0.15) is 5.69 Å². The van der Waals surface area contributed by atoms with E-state index in [-0.39, 0.29) is 0 Å².